The summed E-state index contributed by atoms with van der Waals surface area (Å²) < 4.78 is 0. The summed E-state index contributed by atoms with van der Waals surface area (Å²) in [6.45, 7) is 0. The van der Waals surface area contributed by atoms with Gasteiger partial charge in [-0.1, -0.05) is 6.42 Å². The fourth-order valence-corrected chi connectivity index (χ4v) is 2.59. The molecular weight excluding hydrogens is 140 g/mol. The molecule has 3 fully saturated rings. The molecule has 1 atom stereocenters. The van der Waals surface area contributed by atoms with E-state index in [1.165, 1.54) is 25.7 Å². The number of fused-ring (bicyclic) bond motifs is 2. The summed E-state index contributed by atoms with van der Waals surface area (Å²) in [6, 6.07) is 0. The Balaban J connectivity index is 1.88. The van der Waals surface area contributed by atoms with Crippen molar-refractivity contribution in [3.63, 3.8) is 0 Å². The van der Waals surface area contributed by atoms with Crippen molar-refractivity contribution in [2.75, 3.05) is 0 Å². The van der Waals surface area contributed by atoms with Gasteiger partial charge < -0.3 is 5.11 Å². The zero-order chi connectivity index (χ0) is 7.84. The maximum Gasteiger partial charge on any atom is 0.303 e. The molecule has 0 aromatic heterocycles. The molecule has 2 bridgehead atoms. The zero-order valence-electron chi connectivity index (χ0n) is 6.62. The Bertz CT molecular complexity index is 168. The minimum absolute atomic E-state index is 0.414. The second-order valence-corrected chi connectivity index (χ2v) is 4.03. The summed E-state index contributed by atoms with van der Waals surface area (Å²) in [5.74, 6) is 1.63. The first-order chi connectivity index (χ1) is 5.25. The van der Waals surface area contributed by atoms with E-state index < -0.39 is 5.97 Å². The fraction of sp³-hybridized carbons (Fsp3) is 0.889. The Morgan fingerprint density at radius 2 is 2.09 bits per heavy atom. The van der Waals surface area contributed by atoms with Crippen LogP contribution in [0.4, 0.5) is 0 Å². The van der Waals surface area contributed by atoms with Crippen LogP contribution in [0, 0.1) is 17.8 Å². The summed E-state index contributed by atoms with van der Waals surface area (Å²) >= 11 is 0. The first-order valence-electron chi connectivity index (χ1n) is 4.47. The van der Waals surface area contributed by atoms with Gasteiger partial charge in [0, 0.05) is 6.42 Å². The summed E-state index contributed by atoms with van der Waals surface area (Å²) in [5, 5.41) is 8.60. The highest BCUT2D eigenvalue weighted by atomic mass is 16.4. The lowest BCUT2D eigenvalue weighted by Crippen LogP contribution is -2.37. The summed E-state index contributed by atoms with van der Waals surface area (Å²) in [4.78, 5) is 10.4. The predicted molar refractivity (Wildman–Crippen MR) is 41.2 cm³/mol. The van der Waals surface area contributed by atoms with Crippen LogP contribution in [-0.4, -0.2) is 11.1 Å². The molecular formula is C9H14O2. The van der Waals surface area contributed by atoms with Crippen molar-refractivity contribution in [1.29, 1.82) is 0 Å². The number of carboxylic acid groups (broad SMARTS) is 1. The van der Waals surface area contributed by atoms with Crippen LogP contribution in [-0.2, 0) is 4.79 Å². The quantitative estimate of drug-likeness (QED) is 0.659. The van der Waals surface area contributed by atoms with Crippen LogP contribution in [0.15, 0.2) is 0 Å². The largest absolute Gasteiger partial charge is 0.481 e. The molecule has 2 nitrogen and oxygen atoms in total. The van der Waals surface area contributed by atoms with E-state index in [0.717, 1.165) is 11.8 Å². The standard InChI is InChI=1S/C9H14O2/c10-9(11)5-7-2-1-6-3-8(7)4-6/h6-8H,1-5H2,(H,10,11). The van der Waals surface area contributed by atoms with E-state index in [-0.39, 0.29) is 0 Å². The third-order valence-electron chi connectivity index (χ3n) is 3.32. The molecule has 3 rings (SSSR count). The maximum atomic E-state index is 10.4. The van der Waals surface area contributed by atoms with E-state index in [0.29, 0.717) is 12.3 Å². The Kier molecular flexibility index (Phi) is 1.63. The maximum absolute atomic E-state index is 10.4. The summed E-state index contributed by atoms with van der Waals surface area (Å²) in [5.41, 5.74) is 0. The van der Waals surface area contributed by atoms with Crippen LogP contribution < -0.4 is 0 Å². The van der Waals surface area contributed by atoms with E-state index in [9.17, 15) is 4.79 Å². The van der Waals surface area contributed by atoms with Crippen molar-refractivity contribution in [1.82, 2.24) is 0 Å². The first kappa shape index (κ1) is 7.14. The molecule has 62 valence electrons. The SMILES string of the molecule is O=C(O)CC1CCC2CC1C2. The molecule has 0 aromatic rings. The van der Waals surface area contributed by atoms with Gasteiger partial charge in [0.1, 0.15) is 0 Å². The van der Waals surface area contributed by atoms with Gasteiger partial charge in [0.15, 0.2) is 0 Å². The third kappa shape index (κ3) is 1.26. The number of carboxylic acids is 1. The molecule has 0 amide bonds. The Labute approximate surface area is 66.6 Å². The molecule has 2 heteroatoms. The molecule has 3 aliphatic carbocycles. The van der Waals surface area contributed by atoms with Crippen LogP contribution in [0.2, 0.25) is 0 Å². The number of carbonyl (C=O) groups is 1. The van der Waals surface area contributed by atoms with Crippen molar-refractivity contribution < 1.29 is 9.90 Å². The average molecular weight is 154 g/mol. The summed E-state index contributed by atoms with van der Waals surface area (Å²) in [6.07, 6.45) is 5.50. The third-order valence-corrected chi connectivity index (χ3v) is 3.32. The minimum atomic E-state index is -0.611. The molecule has 1 unspecified atom stereocenters. The van der Waals surface area contributed by atoms with E-state index in [2.05, 4.69) is 0 Å². The van der Waals surface area contributed by atoms with Crippen LogP contribution in [0.3, 0.4) is 0 Å². The predicted octanol–water partition coefficient (Wildman–Crippen LogP) is 1.90. The van der Waals surface area contributed by atoms with Crippen molar-refractivity contribution in [2.24, 2.45) is 17.8 Å². The number of rotatable bonds is 2. The molecule has 3 saturated carbocycles. The van der Waals surface area contributed by atoms with Gasteiger partial charge in [0.05, 0.1) is 0 Å². The van der Waals surface area contributed by atoms with Crippen molar-refractivity contribution >= 4 is 5.97 Å². The van der Waals surface area contributed by atoms with Gasteiger partial charge in [-0.15, -0.1) is 0 Å². The Morgan fingerprint density at radius 3 is 2.55 bits per heavy atom. The smallest absolute Gasteiger partial charge is 0.303 e. The monoisotopic (exact) mass is 154 g/mol. The van der Waals surface area contributed by atoms with E-state index >= 15 is 0 Å². The van der Waals surface area contributed by atoms with Crippen molar-refractivity contribution in [2.45, 2.75) is 32.1 Å². The normalized spacial score (nSPS) is 41.3. The van der Waals surface area contributed by atoms with Crippen molar-refractivity contribution in [3.8, 4) is 0 Å². The highest BCUT2D eigenvalue weighted by Crippen LogP contribution is 2.49. The zero-order valence-corrected chi connectivity index (χ0v) is 6.62. The van der Waals surface area contributed by atoms with Crippen LogP contribution in [0.25, 0.3) is 0 Å². The molecule has 3 aliphatic rings. The van der Waals surface area contributed by atoms with E-state index in [1.54, 1.807) is 0 Å². The molecule has 0 heterocycles. The first-order valence-corrected chi connectivity index (χ1v) is 4.47. The van der Waals surface area contributed by atoms with Crippen LogP contribution in [0.1, 0.15) is 32.1 Å². The lowest BCUT2D eigenvalue weighted by Gasteiger charge is -2.46. The van der Waals surface area contributed by atoms with E-state index in [1.807, 2.05) is 0 Å². The Hall–Kier alpha value is -0.530. The lowest BCUT2D eigenvalue weighted by molar-refractivity contribution is -0.140. The molecule has 0 radical (unpaired) electrons. The fourth-order valence-electron chi connectivity index (χ4n) is 2.59. The van der Waals surface area contributed by atoms with Gasteiger partial charge in [0.25, 0.3) is 0 Å². The van der Waals surface area contributed by atoms with Gasteiger partial charge in [-0.25, -0.2) is 0 Å². The molecule has 0 spiro atoms. The van der Waals surface area contributed by atoms with Gasteiger partial charge in [-0.05, 0) is 37.0 Å². The van der Waals surface area contributed by atoms with Gasteiger partial charge >= 0.3 is 5.97 Å². The van der Waals surface area contributed by atoms with Gasteiger partial charge in [-0.2, -0.15) is 0 Å². The Morgan fingerprint density at radius 1 is 1.36 bits per heavy atom. The number of hydrogen-bond donors (Lipinski definition) is 1. The second kappa shape index (κ2) is 2.50. The van der Waals surface area contributed by atoms with Crippen LogP contribution >= 0.6 is 0 Å². The molecule has 0 aromatic carbocycles. The average Bonchev–Trinajstić information content (AvgIpc) is 1.83. The molecule has 11 heavy (non-hydrogen) atoms. The highest BCUT2D eigenvalue weighted by Gasteiger charge is 2.40. The van der Waals surface area contributed by atoms with E-state index in [4.69, 9.17) is 5.11 Å². The summed E-state index contributed by atoms with van der Waals surface area (Å²) in [7, 11) is 0. The second-order valence-electron chi connectivity index (χ2n) is 4.03. The lowest BCUT2D eigenvalue weighted by atomic mass is 9.59. The molecule has 0 saturated heterocycles. The van der Waals surface area contributed by atoms with Gasteiger partial charge in [-0.3, -0.25) is 4.79 Å². The topological polar surface area (TPSA) is 37.3 Å². The minimum Gasteiger partial charge on any atom is -0.481 e. The van der Waals surface area contributed by atoms with Crippen LogP contribution in [0.5, 0.6) is 0 Å². The van der Waals surface area contributed by atoms with Gasteiger partial charge in [0.2, 0.25) is 0 Å². The van der Waals surface area contributed by atoms with Crippen molar-refractivity contribution in [3.05, 3.63) is 0 Å². The number of hydrogen-bond acceptors (Lipinski definition) is 1. The molecule has 1 N–H and O–H groups in total. The highest BCUT2D eigenvalue weighted by molar-refractivity contribution is 5.67. The number of aliphatic carboxylic acids is 1. The molecule has 0 aliphatic heterocycles.